The summed E-state index contributed by atoms with van der Waals surface area (Å²) in [5, 5.41) is 0. The zero-order chi connectivity index (χ0) is 19.6. The smallest absolute Gasteiger partial charge is 0.330 e. The normalized spacial score (nSPS) is 11.4. The second-order valence-corrected chi connectivity index (χ2v) is 7.13. The SMILES string of the molecule is CCOc1ccc(-c2cc3cccn(C(=O)N(C(C)C)C(C)C)c-3n2)cc1. The van der Waals surface area contributed by atoms with Crippen molar-refractivity contribution in [1.82, 2.24) is 14.5 Å². The van der Waals surface area contributed by atoms with Crippen molar-refractivity contribution in [2.75, 3.05) is 6.61 Å². The molecule has 0 bridgehead atoms. The molecule has 27 heavy (non-hydrogen) atoms. The van der Waals surface area contributed by atoms with Crippen molar-refractivity contribution in [2.45, 2.75) is 46.7 Å². The number of carbonyl (C=O) groups excluding carboxylic acids is 1. The quantitative estimate of drug-likeness (QED) is 0.629. The first kappa shape index (κ1) is 19.0. The molecule has 3 rings (SSSR count). The summed E-state index contributed by atoms with van der Waals surface area (Å²) in [6.45, 7) is 10.7. The van der Waals surface area contributed by atoms with Crippen LogP contribution in [-0.4, -0.2) is 39.2 Å². The molecule has 2 heterocycles. The number of aromatic nitrogens is 2. The second-order valence-electron chi connectivity index (χ2n) is 7.13. The van der Waals surface area contributed by atoms with Crippen LogP contribution >= 0.6 is 0 Å². The number of hydrogen-bond acceptors (Lipinski definition) is 3. The molecule has 2 aliphatic rings. The first-order valence-corrected chi connectivity index (χ1v) is 9.46. The Hall–Kier alpha value is -2.82. The summed E-state index contributed by atoms with van der Waals surface area (Å²) in [5.74, 6) is 1.52. The molecule has 0 fully saturated rings. The third-order valence-electron chi connectivity index (χ3n) is 4.52. The van der Waals surface area contributed by atoms with E-state index in [-0.39, 0.29) is 18.1 Å². The number of rotatable bonds is 5. The number of benzene rings is 1. The molecule has 0 radical (unpaired) electrons. The summed E-state index contributed by atoms with van der Waals surface area (Å²) in [6.07, 6.45) is 1.79. The molecule has 1 aromatic carbocycles. The van der Waals surface area contributed by atoms with Crippen LogP contribution in [0.5, 0.6) is 5.75 Å². The van der Waals surface area contributed by atoms with E-state index in [9.17, 15) is 4.79 Å². The van der Waals surface area contributed by atoms with E-state index in [0.717, 1.165) is 22.6 Å². The first-order chi connectivity index (χ1) is 12.9. The largest absolute Gasteiger partial charge is 0.494 e. The monoisotopic (exact) mass is 365 g/mol. The standard InChI is InChI=1S/C22H27N3O2/c1-6-27-19-11-9-17(10-12-19)20-14-18-8-7-13-24(21(18)23-20)22(26)25(15(2)3)16(4)5/h7-16H,6H2,1-5H3. The van der Waals surface area contributed by atoms with Gasteiger partial charge in [0.25, 0.3) is 0 Å². The summed E-state index contributed by atoms with van der Waals surface area (Å²) in [5.41, 5.74) is 2.79. The lowest BCUT2D eigenvalue weighted by Gasteiger charge is -2.31. The Labute approximate surface area is 160 Å². The predicted molar refractivity (Wildman–Crippen MR) is 108 cm³/mol. The number of ether oxygens (including phenoxy) is 1. The number of hydrogen-bond donors (Lipinski definition) is 0. The molecule has 0 atom stereocenters. The van der Waals surface area contributed by atoms with Gasteiger partial charge >= 0.3 is 6.03 Å². The van der Waals surface area contributed by atoms with Crippen LogP contribution in [0.3, 0.4) is 0 Å². The molecule has 0 spiro atoms. The lowest BCUT2D eigenvalue weighted by atomic mass is 10.1. The second kappa shape index (κ2) is 7.82. The summed E-state index contributed by atoms with van der Waals surface area (Å²) >= 11 is 0. The van der Waals surface area contributed by atoms with Crippen molar-refractivity contribution in [3.8, 4) is 28.4 Å². The fourth-order valence-electron chi connectivity index (χ4n) is 3.40. The van der Waals surface area contributed by atoms with Gasteiger partial charge in [0, 0.05) is 29.4 Å². The van der Waals surface area contributed by atoms with Crippen LogP contribution in [-0.2, 0) is 0 Å². The van der Waals surface area contributed by atoms with Crippen molar-refractivity contribution in [2.24, 2.45) is 0 Å². The van der Waals surface area contributed by atoms with Gasteiger partial charge in [0.2, 0.25) is 0 Å². The van der Waals surface area contributed by atoms with Crippen molar-refractivity contribution in [3.05, 3.63) is 48.7 Å². The van der Waals surface area contributed by atoms with Gasteiger partial charge in [-0.2, -0.15) is 0 Å². The summed E-state index contributed by atoms with van der Waals surface area (Å²) < 4.78 is 7.15. The lowest BCUT2D eigenvalue weighted by molar-refractivity contribution is 0.166. The number of pyridine rings is 1. The fraction of sp³-hybridized carbons (Fsp3) is 0.364. The van der Waals surface area contributed by atoms with Gasteiger partial charge in [-0.25, -0.2) is 9.78 Å². The van der Waals surface area contributed by atoms with Gasteiger partial charge in [0.05, 0.1) is 12.3 Å². The molecule has 142 valence electrons. The van der Waals surface area contributed by atoms with E-state index in [1.54, 1.807) is 10.8 Å². The summed E-state index contributed by atoms with van der Waals surface area (Å²) in [6, 6.07) is 13.9. The van der Waals surface area contributed by atoms with Crippen molar-refractivity contribution in [3.63, 3.8) is 0 Å². The molecule has 0 unspecified atom stereocenters. The van der Waals surface area contributed by atoms with Crippen LogP contribution in [0.15, 0.2) is 48.7 Å². The maximum atomic E-state index is 13.1. The van der Waals surface area contributed by atoms with Crippen molar-refractivity contribution >= 4 is 6.03 Å². The molecule has 2 aliphatic heterocycles. The molecule has 0 aromatic heterocycles. The number of fused-ring (bicyclic) bond motifs is 1. The molecule has 1 aromatic rings. The lowest BCUT2D eigenvalue weighted by Crippen LogP contribution is -2.44. The Balaban J connectivity index is 1.99. The van der Waals surface area contributed by atoms with Gasteiger partial charge in [0.15, 0.2) is 0 Å². The Morgan fingerprint density at radius 1 is 1.07 bits per heavy atom. The highest BCUT2D eigenvalue weighted by Crippen LogP contribution is 2.30. The highest BCUT2D eigenvalue weighted by atomic mass is 16.5. The minimum Gasteiger partial charge on any atom is -0.494 e. The Kier molecular flexibility index (Phi) is 5.49. The maximum Gasteiger partial charge on any atom is 0.330 e. The molecule has 5 nitrogen and oxygen atoms in total. The third kappa shape index (κ3) is 3.82. The van der Waals surface area contributed by atoms with Crippen LogP contribution in [0, 0.1) is 0 Å². The van der Waals surface area contributed by atoms with E-state index in [4.69, 9.17) is 9.72 Å². The van der Waals surface area contributed by atoms with Gasteiger partial charge in [0.1, 0.15) is 11.6 Å². The molecular formula is C22H27N3O2. The van der Waals surface area contributed by atoms with Gasteiger partial charge in [-0.15, -0.1) is 0 Å². The van der Waals surface area contributed by atoms with Gasteiger partial charge in [-0.3, -0.25) is 4.57 Å². The summed E-state index contributed by atoms with van der Waals surface area (Å²) in [7, 11) is 0. The Bertz CT molecular complexity index is 873. The van der Waals surface area contributed by atoms with E-state index in [1.165, 1.54) is 0 Å². The molecule has 5 heteroatoms. The van der Waals surface area contributed by atoms with Gasteiger partial charge in [-0.05, 0) is 77.1 Å². The fourth-order valence-corrected chi connectivity index (χ4v) is 3.40. The van der Waals surface area contributed by atoms with Crippen LogP contribution in [0.2, 0.25) is 0 Å². The summed E-state index contributed by atoms with van der Waals surface area (Å²) in [4.78, 5) is 19.8. The van der Waals surface area contributed by atoms with Gasteiger partial charge in [-0.1, -0.05) is 0 Å². The molecule has 0 aliphatic carbocycles. The van der Waals surface area contributed by atoms with E-state index >= 15 is 0 Å². The average Bonchev–Trinajstić information content (AvgIpc) is 3.06. The number of nitrogens with zero attached hydrogens (tertiary/aromatic N) is 3. The van der Waals surface area contributed by atoms with Crippen LogP contribution in [0.4, 0.5) is 4.79 Å². The van der Waals surface area contributed by atoms with Crippen LogP contribution < -0.4 is 4.74 Å². The molecule has 1 amide bonds. The van der Waals surface area contributed by atoms with E-state index in [2.05, 4.69) is 0 Å². The van der Waals surface area contributed by atoms with Crippen LogP contribution in [0.25, 0.3) is 22.6 Å². The Morgan fingerprint density at radius 3 is 2.33 bits per heavy atom. The number of amides is 1. The zero-order valence-electron chi connectivity index (χ0n) is 16.6. The molecular weight excluding hydrogens is 338 g/mol. The highest BCUT2D eigenvalue weighted by Gasteiger charge is 2.25. The average molecular weight is 365 g/mol. The number of carbonyl (C=O) groups is 1. The van der Waals surface area contributed by atoms with Gasteiger partial charge < -0.3 is 9.64 Å². The Morgan fingerprint density at radius 2 is 1.74 bits per heavy atom. The van der Waals surface area contributed by atoms with Crippen molar-refractivity contribution in [1.29, 1.82) is 0 Å². The maximum absolute atomic E-state index is 13.1. The minimum absolute atomic E-state index is 0.0538. The zero-order valence-corrected chi connectivity index (χ0v) is 16.6. The topological polar surface area (TPSA) is 47.4 Å². The highest BCUT2D eigenvalue weighted by molar-refractivity contribution is 5.84. The molecule has 0 saturated carbocycles. The third-order valence-corrected chi connectivity index (χ3v) is 4.52. The van der Waals surface area contributed by atoms with E-state index in [0.29, 0.717) is 12.4 Å². The predicted octanol–water partition coefficient (Wildman–Crippen LogP) is 5.14. The van der Waals surface area contributed by atoms with Crippen molar-refractivity contribution < 1.29 is 9.53 Å². The van der Waals surface area contributed by atoms with E-state index < -0.39 is 0 Å². The first-order valence-electron chi connectivity index (χ1n) is 9.46. The molecule has 0 N–H and O–H groups in total. The van der Waals surface area contributed by atoms with E-state index in [1.807, 2.05) is 82.0 Å². The molecule has 0 saturated heterocycles. The van der Waals surface area contributed by atoms with Crippen LogP contribution in [0.1, 0.15) is 34.6 Å². The minimum atomic E-state index is -0.0538.